The van der Waals surface area contributed by atoms with Crippen LogP contribution >= 0.6 is 0 Å². The van der Waals surface area contributed by atoms with E-state index in [-0.39, 0.29) is 23.6 Å². The van der Waals surface area contributed by atoms with E-state index in [4.69, 9.17) is 9.84 Å². The van der Waals surface area contributed by atoms with Crippen LogP contribution in [-0.4, -0.2) is 35.7 Å². The highest BCUT2D eigenvalue weighted by Gasteiger charge is 2.25. The van der Waals surface area contributed by atoms with Crippen LogP contribution in [0.5, 0.6) is 5.75 Å². The third kappa shape index (κ3) is 3.41. The van der Waals surface area contributed by atoms with Crippen LogP contribution in [0.4, 0.5) is 5.69 Å². The molecular formula is C12H16N2O5. The Morgan fingerprint density at radius 3 is 2.74 bits per heavy atom. The second-order valence-electron chi connectivity index (χ2n) is 3.87. The molecule has 1 atom stereocenters. The molecule has 7 nitrogen and oxygen atoms in total. The van der Waals surface area contributed by atoms with E-state index in [1.807, 2.05) is 0 Å². The van der Waals surface area contributed by atoms with E-state index in [0.717, 1.165) is 0 Å². The molecule has 0 aromatic heterocycles. The average Bonchev–Trinajstić information content (AvgIpc) is 2.43. The number of carbonyl (C=O) groups is 1. The lowest BCUT2D eigenvalue weighted by molar-refractivity contribution is -0.385. The highest BCUT2D eigenvalue weighted by Crippen LogP contribution is 2.28. The van der Waals surface area contributed by atoms with E-state index in [1.165, 1.54) is 25.3 Å². The number of nitrogens with zero attached hydrogens (tertiary/aromatic N) is 1. The zero-order valence-electron chi connectivity index (χ0n) is 10.8. The molecule has 19 heavy (non-hydrogen) atoms. The first kappa shape index (κ1) is 14.9. The number of methoxy groups -OCH3 is 1. The summed E-state index contributed by atoms with van der Waals surface area (Å²) in [5.74, 6) is -0.510. The van der Waals surface area contributed by atoms with Crippen LogP contribution < -0.4 is 10.1 Å². The third-order valence-corrected chi connectivity index (χ3v) is 2.70. The van der Waals surface area contributed by atoms with E-state index in [2.05, 4.69) is 5.32 Å². The summed E-state index contributed by atoms with van der Waals surface area (Å²) in [5, 5.41) is 22.5. The summed E-state index contributed by atoms with van der Waals surface area (Å²) in [6.45, 7) is 1.56. The number of nitrogens with one attached hydrogen (secondary N) is 1. The van der Waals surface area contributed by atoms with Crippen molar-refractivity contribution >= 4 is 11.6 Å². The zero-order valence-corrected chi connectivity index (χ0v) is 10.8. The number of amides is 1. The van der Waals surface area contributed by atoms with Crippen molar-refractivity contribution in [2.24, 2.45) is 0 Å². The number of carbonyl (C=O) groups excluding carboxylic acids is 1. The zero-order chi connectivity index (χ0) is 14.4. The Morgan fingerprint density at radius 1 is 1.58 bits per heavy atom. The molecule has 0 bridgehead atoms. The molecule has 0 unspecified atom stereocenters. The fourth-order valence-corrected chi connectivity index (χ4v) is 1.60. The van der Waals surface area contributed by atoms with Gasteiger partial charge in [-0.3, -0.25) is 14.9 Å². The summed E-state index contributed by atoms with van der Waals surface area (Å²) < 4.78 is 4.98. The smallest absolute Gasteiger partial charge is 0.285 e. The molecule has 0 fully saturated rings. The molecule has 0 saturated carbocycles. The number of nitro benzene ring substituents is 1. The van der Waals surface area contributed by atoms with Crippen LogP contribution in [0.25, 0.3) is 0 Å². The van der Waals surface area contributed by atoms with Crippen molar-refractivity contribution < 1.29 is 19.6 Å². The lowest BCUT2D eigenvalue weighted by Crippen LogP contribution is -2.37. The second-order valence-corrected chi connectivity index (χ2v) is 3.87. The first-order valence-electron chi connectivity index (χ1n) is 5.78. The van der Waals surface area contributed by atoms with Gasteiger partial charge in [-0.15, -0.1) is 0 Å². The Kier molecular flexibility index (Phi) is 5.25. The molecule has 0 saturated heterocycles. The van der Waals surface area contributed by atoms with Gasteiger partial charge in [0.2, 0.25) is 0 Å². The van der Waals surface area contributed by atoms with Crippen molar-refractivity contribution in [2.75, 3.05) is 13.7 Å². The van der Waals surface area contributed by atoms with Crippen LogP contribution in [0.2, 0.25) is 0 Å². The predicted octanol–water partition coefficient (Wildman–Crippen LogP) is 1.10. The molecule has 1 aromatic carbocycles. The molecule has 104 valence electrons. The summed E-state index contributed by atoms with van der Waals surface area (Å²) in [6, 6.07) is 3.70. The summed E-state index contributed by atoms with van der Waals surface area (Å²) in [6.07, 6.45) is 0.519. The average molecular weight is 268 g/mol. The van der Waals surface area contributed by atoms with Crippen molar-refractivity contribution in [1.82, 2.24) is 5.32 Å². The quantitative estimate of drug-likeness (QED) is 0.594. The number of nitro groups is 1. The van der Waals surface area contributed by atoms with Gasteiger partial charge in [-0.05, 0) is 12.5 Å². The van der Waals surface area contributed by atoms with Crippen LogP contribution in [0.1, 0.15) is 23.7 Å². The van der Waals surface area contributed by atoms with Gasteiger partial charge in [0.15, 0.2) is 5.56 Å². The largest absolute Gasteiger partial charge is 0.496 e. The van der Waals surface area contributed by atoms with Gasteiger partial charge < -0.3 is 15.2 Å². The lowest BCUT2D eigenvalue weighted by atomic mass is 10.1. The van der Waals surface area contributed by atoms with Crippen molar-refractivity contribution in [2.45, 2.75) is 19.4 Å². The molecule has 0 spiro atoms. The van der Waals surface area contributed by atoms with Gasteiger partial charge in [0.25, 0.3) is 11.6 Å². The number of ether oxygens (including phenoxy) is 1. The highest BCUT2D eigenvalue weighted by atomic mass is 16.6. The van der Waals surface area contributed by atoms with Gasteiger partial charge in [0, 0.05) is 6.07 Å². The Labute approximate surface area is 110 Å². The minimum absolute atomic E-state index is 0.125. The van der Waals surface area contributed by atoms with Gasteiger partial charge in [0.05, 0.1) is 24.7 Å². The first-order valence-corrected chi connectivity index (χ1v) is 5.78. The van der Waals surface area contributed by atoms with Gasteiger partial charge in [0.1, 0.15) is 5.75 Å². The highest BCUT2D eigenvalue weighted by molar-refractivity contribution is 6.01. The summed E-state index contributed by atoms with van der Waals surface area (Å²) >= 11 is 0. The fourth-order valence-electron chi connectivity index (χ4n) is 1.60. The molecule has 0 aliphatic rings. The van der Waals surface area contributed by atoms with E-state index in [0.29, 0.717) is 6.42 Å². The number of aliphatic hydroxyl groups is 1. The van der Waals surface area contributed by atoms with E-state index in [1.54, 1.807) is 6.92 Å². The van der Waals surface area contributed by atoms with Crippen LogP contribution in [0.15, 0.2) is 18.2 Å². The summed E-state index contributed by atoms with van der Waals surface area (Å²) in [5.41, 5.74) is -0.466. The molecular weight excluding hydrogens is 252 g/mol. The van der Waals surface area contributed by atoms with E-state index in [9.17, 15) is 14.9 Å². The summed E-state index contributed by atoms with van der Waals surface area (Å²) in [4.78, 5) is 22.4. The van der Waals surface area contributed by atoms with Gasteiger partial charge in [-0.1, -0.05) is 13.0 Å². The van der Waals surface area contributed by atoms with Gasteiger partial charge >= 0.3 is 0 Å². The Hall–Kier alpha value is -2.15. The number of rotatable bonds is 6. The maximum Gasteiger partial charge on any atom is 0.285 e. The molecule has 0 heterocycles. The predicted molar refractivity (Wildman–Crippen MR) is 68.3 cm³/mol. The van der Waals surface area contributed by atoms with Gasteiger partial charge in [-0.25, -0.2) is 0 Å². The maximum absolute atomic E-state index is 12.1. The fraction of sp³-hybridized carbons (Fsp3) is 0.417. The minimum atomic E-state index is -0.642. The number of hydrogen-bond acceptors (Lipinski definition) is 5. The molecule has 1 rings (SSSR count). The Balaban J connectivity index is 3.16. The van der Waals surface area contributed by atoms with E-state index < -0.39 is 16.9 Å². The number of benzene rings is 1. The minimum Gasteiger partial charge on any atom is -0.496 e. The normalized spacial score (nSPS) is 11.7. The van der Waals surface area contributed by atoms with Crippen molar-refractivity contribution in [3.8, 4) is 5.75 Å². The Bertz CT molecular complexity index is 471. The topological polar surface area (TPSA) is 102 Å². The number of hydrogen-bond donors (Lipinski definition) is 2. The molecule has 0 aliphatic carbocycles. The van der Waals surface area contributed by atoms with Crippen molar-refractivity contribution in [3.63, 3.8) is 0 Å². The molecule has 1 amide bonds. The van der Waals surface area contributed by atoms with Crippen molar-refractivity contribution in [3.05, 3.63) is 33.9 Å². The first-order chi connectivity index (χ1) is 9.04. The van der Waals surface area contributed by atoms with Crippen LogP contribution in [-0.2, 0) is 0 Å². The molecule has 0 radical (unpaired) electrons. The second kappa shape index (κ2) is 6.69. The molecule has 7 heteroatoms. The Morgan fingerprint density at radius 2 is 2.26 bits per heavy atom. The molecule has 0 aliphatic heterocycles. The van der Waals surface area contributed by atoms with E-state index >= 15 is 0 Å². The molecule has 2 N–H and O–H groups in total. The maximum atomic E-state index is 12.1. The third-order valence-electron chi connectivity index (χ3n) is 2.70. The van der Waals surface area contributed by atoms with Crippen LogP contribution in [0, 0.1) is 10.1 Å². The summed E-state index contributed by atoms with van der Waals surface area (Å²) in [7, 11) is 1.33. The van der Waals surface area contributed by atoms with Crippen LogP contribution in [0.3, 0.4) is 0 Å². The standard InChI is InChI=1S/C12H16N2O5/c1-3-8(7-15)13-12(16)11-9(14(17)18)5-4-6-10(11)19-2/h4-6,8,15H,3,7H2,1-2H3,(H,13,16)/t8-/m0/s1. The SMILES string of the molecule is CC[C@@H](CO)NC(=O)c1c(OC)cccc1[N+](=O)[O-]. The van der Waals surface area contributed by atoms with Crippen molar-refractivity contribution in [1.29, 1.82) is 0 Å². The monoisotopic (exact) mass is 268 g/mol. The van der Waals surface area contributed by atoms with Gasteiger partial charge in [-0.2, -0.15) is 0 Å². The molecule has 1 aromatic rings. The number of aliphatic hydroxyl groups excluding tert-OH is 1. The lowest BCUT2D eigenvalue weighted by Gasteiger charge is -2.15.